The van der Waals surface area contributed by atoms with Crippen LogP contribution in [0.15, 0.2) is 24.3 Å². The largest absolute Gasteiger partial charge is 0.354 e. The molecule has 1 aromatic rings. The van der Waals surface area contributed by atoms with E-state index in [1.807, 2.05) is 12.1 Å². The molecule has 4 heteroatoms. The third-order valence-electron chi connectivity index (χ3n) is 3.65. The second-order valence-corrected chi connectivity index (χ2v) is 5.24. The number of aryl methyl sites for hydroxylation is 1. The zero-order valence-electron chi connectivity index (χ0n) is 11.8. The summed E-state index contributed by atoms with van der Waals surface area (Å²) in [6.07, 6.45) is 0.890. The standard InChI is InChI=1S/C15H23N3O/c1-12-5-3-4-6-13(12)7-8-17-15(19)14-11-18(2)10-9-16-14/h3-6,14,16H,7-11H2,1-2H3,(H,17,19). The SMILES string of the molecule is Cc1ccccc1CCNC(=O)C1CN(C)CCN1. The molecular formula is C15H23N3O. The van der Waals surface area contributed by atoms with Crippen molar-refractivity contribution in [1.82, 2.24) is 15.5 Å². The number of hydrogen-bond acceptors (Lipinski definition) is 3. The van der Waals surface area contributed by atoms with Gasteiger partial charge >= 0.3 is 0 Å². The molecule has 1 unspecified atom stereocenters. The molecule has 1 aliphatic rings. The van der Waals surface area contributed by atoms with Crippen LogP contribution in [0.2, 0.25) is 0 Å². The lowest BCUT2D eigenvalue weighted by Crippen LogP contribution is -2.56. The molecular weight excluding hydrogens is 238 g/mol. The number of likely N-dealkylation sites (N-methyl/N-ethyl adjacent to an activating group) is 1. The van der Waals surface area contributed by atoms with Crippen molar-refractivity contribution in [1.29, 1.82) is 0 Å². The van der Waals surface area contributed by atoms with Gasteiger partial charge in [0.15, 0.2) is 0 Å². The Morgan fingerprint density at radius 1 is 1.47 bits per heavy atom. The van der Waals surface area contributed by atoms with Crippen molar-refractivity contribution in [2.45, 2.75) is 19.4 Å². The summed E-state index contributed by atoms with van der Waals surface area (Å²) in [5.74, 6) is 0.111. The minimum atomic E-state index is -0.0735. The molecule has 0 bridgehead atoms. The van der Waals surface area contributed by atoms with E-state index in [0.29, 0.717) is 6.54 Å². The molecule has 1 heterocycles. The van der Waals surface area contributed by atoms with Gasteiger partial charge in [-0.3, -0.25) is 4.79 Å². The quantitative estimate of drug-likeness (QED) is 0.832. The number of benzene rings is 1. The van der Waals surface area contributed by atoms with Crippen molar-refractivity contribution in [2.75, 3.05) is 33.2 Å². The summed E-state index contributed by atoms with van der Waals surface area (Å²) in [6, 6.07) is 8.24. The number of amides is 1. The van der Waals surface area contributed by atoms with E-state index in [-0.39, 0.29) is 11.9 Å². The summed E-state index contributed by atoms with van der Waals surface area (Å²) in [5, 5.41) is 6.28. The Labute approximate surface area is 115 Å². The Morgan fingerprint density at radius 3 is 3.00 bits per heavy atom. The number of rotatable bonds is 4. The highest BCUT2D eigenvalue weighted by Crippen LogP contribution is 2.06. The fourth-order valence-electron chi connectivity index (χ4n) is 2.41. The number of hydrogen-bond donors (Lipinski definition) is 2. The Morgan fingerprint density at radius 2 is 2.26 bits per heavy atom. The summed E-state index contributed by atoms with van der Waals surface area (Å²) in [6.45, 7) is 5.48. The minimum Gasteiger partial charge on any atom is -0.354 e. The topological polar surface area (TPSA) is 44.4 Å². The number of piperazine rings is 1. The lowest BCUT2D eigenvalue weighted by Gasteiger charge is -2.29. The molecule has 1 aliphatic heterocycles. The normalized spacial score (nSPS) is 20.2. The van der Waals surface area contributed by atoms with Crippen molar-refractivity contribution in [3.63, 3.8) is 0 Å². The summed E-state index contributed by atoms with van der Waals surface area (Å²) in [5.41, 5.74) is 2.59. The van der Waals surface area contributed by atoms with Crippen LogP contribution in [0.4, 0.5) is 0 Å². The number of carbonyl (C=O) groups is 1. The fourth-order valence-corrected chi connectivity index (χ4v) is 2.41. The van der Waals surface area contributed by atoms with Crippen LogP contribution in [0, 0.1) is 6.92 Å². The first kappa shape index (κ1) is 14.0. The van der Waals surface area contributed by atoms with Crippen LogP contribution in [0.3, 0.4) is 0 Å². The summed E-state index contributed by atoms with van der Waals surface area (Å²) >= 11 is 0. The van der Waals surface area contributed by atoms with Crippen LogP contribution >= 0.6 is 0 Å². The van der Waals surface area contributed by atoms with E-state index in [0.717, 1.165) is 26.1 Å². The molecule has 2 N–H and O–H groups in total. The van der Waals surface area contributed by atoms with Crippen molar-refractivity contribution in [3.05, 3.63) is 35.4 Å². The molecule has 0 spiro atoms. The van der Waals surface area contributed by atoms with Gasteiger partial charge in [-0.15, -0.1) is 0 Å². The maximum absolute atomic E-state index is 12.0. The zero-order valence-corrected chi connectivity index (χ0v) is 11.8. The number of nitrogens with one attached hydrogen (secondary N) is 2. The van der Waals surface area contributed by atoms with E-state index in [1.54, 1.807) is 0 Å². The first-order valence-electron chi connectivity index (χ1n) is 6.91. The van der Waals surface area contributed by atoms with Crippen LogP contribution in [0.5, 0.6) is 0 Å². The Balaban J connectivity index is 1.76. The molecule has 4 nitrogen and oxygen atoms in total. The van der Waals surface area contributed by atoms with Gasteiger partial charge < -0.3 is 15.5 Å². The molecule has 1 aromatic carbocycles. The van der Waals surface area contributed by atoms with Crippen molar-refractivity contribution in [3.8, 4) is 0 Å². The molecule has 19 heavy (non-hydrogen) atoms. The highest BCUT2D eigenvalue weighted by molar-refractivity contribution is 5.82. The van der Waals surface area contributed by atoms with Crippen LogP contribution in [-0.2, 0) is 11.2 Å². The molecule has 0 saturated carbocycles. The van der Waals surface area contributed by atoms with Crippen molar-refractivity contribution < 1.29 is 4.79 Å². The third-order valence-corrected chi connectivity index (χ3v) is 3.65. The van der Waals surface area contributed by atoms with Gasteiger partial charge in [0.25, 0.3) is 0 Å². The second-order valence-electron chi connectivity index (χ2n) is 5.24. The van der Waals surface area contributed by atoms with E-state index in [4.69, 9.17) is 0 Å². The summed E-state index contributed by atoms with van der Waals surface area (Å²) in [4.78, 5) is 14.2. The van der Waals surface area contributed by atoms with Crippen molar-refractivity contribution in [2.24, 2.45) is 0 Å². The van der Waals surface area contributed by atoms with Crippen molar-refractivity contribution >= 4 is 5.91 Å². The average Bonchev–Trinajstić information content (AvgIpc) is 2.41. The maximum atomic E-state index is 12.0. The second kappa shape index (κ2) is 6.68. The first-order valence-corrected chi connectivity index (χ1v) is 6.91. The Hall–Kier alpha value is -1.39. The van der Waals surface area contributed by atoms with E-state index in [2.05, 4.69) is 41.6 Å². The highest BCUT2D eigenvalue weighted by Gasteiger charge is 2.22. The molecule has 0 aromatic heterocycles. The molecule has 0 aliphatic carbocycles. The van der Waals surface area contributed by atoms with Gasteiger partial charge in [0.1, 0.15) is 0 Å². The zero-order chi connectivity index (χ0) is 13.7. The van der Waals surface area contributed by atoms with Gasteiger partial charge in [0.2, 0.25) is 5.91 Å². The lowest BCUT2D eigenvalue weighted by molar-refractivity contribution is -0.124. The fraction of sp³-hybridized carbons (Fsp3) is 0.533. The minimum absolute atomic E-state index is 0.0735. The molecule has 104 valence electrons. The van der Waals surface area contributed by atoms with Crippen LogP contribution in [-0.4, -0.2) is 50.1 Å². The maximum Gasteiger partial charge on any atom is 0.238 e. The Bertz CT molecular complexity index is 433. The molecule has 2 rings (SSSR count). The number of carbonyl (C=O) groups excluding carboxylic acids is 1. The Kier molecular flexibility index (Phi) is 4.93. The van der Waals surface area contributed by atoms with Crippen LogP contribution in [0.1, 0.15) is 11.1 Å². The third kappa shape index (κ3) is 4.04. The van der Waals surface area contributed by atoms with Crippen LogP contribution in [0.25, 0.3) is 0 Å². The van der Waals surface area contributed by atoms with Crippen LogP contribution < -0.4 is 10.6 Å². The summed E-state index contributed by atoms with van der Waals surface area (Å²) < 4.78 is 0. The predicted octanol–water partition coefficient (Wildman–Crippen LogP) is 0.557. The summed E-state index contributed by atoms with van der Waals surface area (Å²) in [7, 11) is 2.05. The van der Waals surface area contributed by atoms with Gasteiger partial charge in [0.05, 0.1) is 6.04 Å². The first-order chi connectivity index (χ1) is 9.16. The monoisotopic (exact) mass is 261 g/mol. The molecule has 1 saturated heterocycles. The molecule has 1 fully saturated rings. The molecule has 1 atom stereocenters. The average molecular weight is 261 g/mol. The predicted molar refractivity (Wildman–Crippen MR) is 77.2 cm³/mol. The molecule has 0 radical (unpaired) electrons. The van der Waals surface area contributed by atoms with E-state index < -0.39 is 0 Å². The lowest BCUT2D eigenvalue weighted by atomic mass is 10.1. The number of nitrogens with zero attached hydrogens (tertiary/aromatic N) is 1. The van der Waals surface area contributed by atoms with E-state index >= 15 is 0 Å². The van der Waals surface area contributed by atoms with Gasteiger partial charge in [-0.25, -0.2) is 0 Å². The van der Waals surface area contributed by atoms with Gasteiger partial charge in [-0.2, -0.15) is 0 Å². The van der Waals surface area contributed by atoms with E-state index in [1.165, 1.54) is 11.1 Å². The highest BCUT2D eigenvalue weighted by atomic mass is 16.2. The van der Waals surface area contributed by atoms with Gasteiger partial charge in [-0.1, -0.05) is 24.3 Å². The van der Waals surface area contributed by atoms with Gasteiger partial charge in [0, 0.05) is 26.2 Å². The smallest absolute Gasteiger partial charge is 0.238 e. The van der Waals surface area contributed by atoms with Gasteiger partial charge in [-0.05, 0) is 31.5 Å². The molecule has 1 amide bonds. The van der Waals surface area contributed by atoms with E-state index in [9.17, 15) is 4.79 Å².